The van der Waals surface area contributed by atoms with Crippen LogP contribution in [0.1, 0.15) is 17.0 Å². The molecular weight excluding hydrogens is 376 g/mol. The van der Waals surface area contributed by atoms with E-state index in [1.54, 1.807) is 24.3 Å². The van der Waals surface area contributed by atoms with Crippen LogP contribution in [-0.4, -0.2) is 15.5 Å². The zero-order valence-corrected chi connectivity index (χ0v) is 16.5. The normalized spacial score (nSPS) is 10.5. The third-order valence-corrected chi connectivity index (χ3v) is 4.70. The number of carbonyl (C=O) groups excluding carboxylic acids is 1. The number of hydrogen-bond acceptors (Lipinski definition) is 4. The molecule has 6 heteroatoms. The van der Waals surface area contributed by atoms with E-state index in [2.05, 4.69) is 16.4 Å². The van der Waals surface area contributed by atoms with Crippen LogP contribution in [0, 0.1) is 18.3 Å². The Morgan fingerprint density at radius 2 is 1.90 bits per heavy atom. The number of nitrogens with zero attached hydrogens (tertiary/aromatic N) is 3. The number of amides is 1. The predicted octanol–water partition coefficient (Wildman–Crippen LogP) is 4.43. The Balaban J connectivity index is 1.55. The molecule has 0 bridgehead atoms. The maximum absolute atomic E-state index is 12.7. The zero-order valence-electron chi connectivity index (χ0n) is 16.5. The quantitative estimate of drug-likeness (QED) is 0.523. The van der Waals surface area contributed by atoms with E-state index in [0.29, 0.717) is 17.1 Å². The van der Waals surface area contributed by atoms with Crippen molar-refractivity contribution in [1.82, 2.24) is 9.55 Å². The van der Waals surface area contributed by atoms with E-state index in [4.69, 9.17) is 10.00 Å². The maximum Gasteiger partial charge on any atom is 0.244 e. The Labute approximate surface area is 174 Å². The third-order valence-electron chi connectivity index (χ3n) is 4.70. The SMILES string of the molecule is Cc1ccc(OCc2nc3ccccc3n2CC(=O)Nc2cccc(C#N)c2)cc1. The van der Waals surface area contributed by atoms with Gasteiger partial charge in [-0.2, -0.15) is 5.26 Å². The topological polar surface area (TPSA) is 79.9 Å². The van der Waals surface area contributed by atoms with E-state index in [9.17, 15) is 4.79 Å². The number of nitriles is 1. The lowest BCUT2D eigenvalue weighted by Crippen LogP contribution is -2.20. The Morgan fingerprint density at radius 3 is 2.70 bits per heavy atom. The van der Waals surface area contributed by atoms with Crippen molar-refractivity contribution in [2.75, 3.05) is 5.32 Å². The minimum Gasteiger partial charge on any atom is -0.486 e. The smallest absolute Gasteiger partial charge is 0.244 e. The van der Waals surface area contributed by atoms with Gasteiger partial charge in [0.05, 0.1) is 22.7 Å². The van der Waals surface area contributed by atoms with Gasteiger partial charge in [0.25, 0.3) is 0 Å². The number of rotatable bonds is 6. The first-order valence-corrected chi connectivity index (χ1v) is 9.56. The van der Waals surface area contributed by atoms with Crippen LogP contribution in [0.5, 0.6) is 5.75 Å². The second-order valence-electron chi connectivity index (χ2n) is 6.95. The molecule has 0 fully saturated rings. The van der Waals surface area contributed by atoms with Crippen molar-refractivity contribution >= 4 is 22.6 Å². The number of aromatic nitrogens is 2. The molecule has 30 heavy (non-hydrogen) atoms. The van der Waals surface area contributed by atoms with E-state index < -0.39 is 0 Å². The van der Waals surface area contributed by atoms with E-state index in [1.165, 1.54) is 0 Å². The molecule has 1 aromatic heterocycles. The maximum atomic E-state index is 12.7. The second kappa shape index (κ2) is 8.50. The van der Waals surface area contributed by atoms with Crippen molar-refractivity contribution in [3.63, 3.8) is 0 Å². The van der Waals surface area contributed by atoms with E-state index in [1.807, 2.05) is 60.0 Å². The molecule has 4 rings (SSSR count). The van der Waals surface area contributed by atoms with Crippen LogP contribution in [0.15, 0.2) is 72.8 Å². The van der Waals surface area contributed by atoms with Gasteiger partial charge in [-0.25, -0.2) is 4.98 Å². The minimum atomic E-state index is -0.204. The summed E-state index contributed by atoms with van der Waals surface area (Å²) in [7, 11) is 0. The third kappa shape index (κ3) is 4.31. The van der Waals surface area contributed by atoms with Crippen LogP contribution < -0.4 is 10.1 Å². The number of para-hydroxylation sites is 2. The van der Waals surface area contributed by atoms with Crippen molar-refractivity contribution in [3.05, 3.63) is 89.7 Å². The summed E-state index contributed by atoms with van der Waals surface area (Å²) in [6.07, 6.45) is 0. The molecule has 0 radical (unpaired) electrons. The lowest BCUT2D eigenvalue weighted by Gasteiger charge is -2.11. The van der Waals surface area contributed by atoms with Gasteiger partial charge in [0.2, 0.25) is 5.91 Å². The highest BCUT2D eigenvalue weighted by molar-refractivity contribution is 5.92. The summed E-state index contributed by atoms with van der Waals surface area (Å²) in [5.41, 5.74) is 3.90. The summed E-state index contributed by atoms with van der Waals surface area (Å²) in [4.78, 5) is 17.4. The number of hydrogen-bond donors (Lipinski definition) is 1. The van der Waals surface area contributed by atoms with E-state index in [-0.39, 0.29) is 19.1 Å². The van der Waals surface area contributed by atoms with Crippen molar-refractivity contribution < 1.29 is 9.53 Å². The monoisotopic (exact) mass is 396 g/mol. The molecule has 3 aromatic carbocycles. The highest BCUT2D eigenvalue weighted by Crippen LogP contribution is 2.19. The van der Waals surface area contributed by atoms with Gasteiger partial charge >= 0.3 is 0 Å². The number of fused-ring (bicyclic) bond motifs is 1. The lowest BCUT2D eigenvalue weighted by molar-refractivity contribution is -0.116. The van der Waals surface area contributed by atoms with Crippen molar-refractivity contribution in [2.24, 2.45) is 0 Å². The van der Waals surface area contributed by atoms with Crippen LogP contribution in [0.2, 0.25) is 0 Å². The molecule has 0 atom stereocenters. The highest BCUT2D eigenvalue weighted by atomic mass is 16.5. The van der Waals surface area contributed by atoms with Crippen molar-refractivity contribution in [1.29, 1.82) is 5.26 Å². The standard InChI is InChI=1S/C24H20N4O2/c1-17-9-11-20(12-10-17)30-16-23-27-21-7-2-3-8-22(21)28(23)15-24(29)26-19-6-4-5-18(13-19)14-25/h2-13H,15-16H2,1H3,(H,26,29). The molecular formula is C24H20N4O2. The summed E-state index contributed by atoms with van der Waals surface area (Å²) in [6, 6.07) is 24.4. The fraction of sp³-hybridized carbons (Fsp3) is 0.125. The van der Waals surface area contributed by atoms with Crippen molar-refractivity contribution in [2.45, 2.75) is 20.1 Å². The zero-order chi connectivity index (χ0) is 20.9. The summed E-state index contributed by atoms with van der Waals surface area (Å²) in [6.45, 7) is 2.35. The van der Waals surface area contributed by atoms with Crippen LogP contribution in [0.25, 0.3) is 11.0 Å². The number of ether oxygens (including phenoxy) is 1. The molecule has 0 saturated carbocycles. The first kappa shape index (κ1) is 19.2. The Morgan fingerprint density at radius 1 is 1.10 bits per heavy atom. The molecule has 1 amide bonds. The summed E-state index contributed by atoms with van der Waals surface area (Å²) in [5.74, 6) is 1.21. The molecule has 1 N–H and O–H groups in total. The Kier molecular flexibility index (Phi) is 5.44. The molecule has 0 spiro atoms. The lowest BCUT2D eigenvalue weighted by atomic mass is 10.2. The van der Waals surface area contributed by atoms with Gasteiger partial charge < -0.3 is 14.6 Å². The minimum absolute atomic E-state index is 0.0872. The van der Waals surface area contributed by atoms with Gasteiger partial charge in [-0.05, 0) is 49.4 Å². The first-order valence-electron chi connectivity index (χ1n) is 9.56. The molecule has 148 valence electrons. The first-order chi connectivity index (χ1) is 14.6. The van der Waals surface area contributed by atoms with Crippen molar-refractivity contribution in [3.8, 4) is 11.8 Å². The molecule has 4 aromatic rings. The van der Waals surface area contributed by atoms with E-state index in [0.717, 1.165) is 22.3 Å². The van der Waals surface area contributed by atoms with Gasteiger partial charge in [0.15, 0.2) is 0 Å². The Bertz CT molecular complexity index is 1240. The average Bonchev–Trinajstić information content (AvgIpc) is 3.11. The number of imidazole rings is 1. The van der Waals surface area contributed by atoms with Gasteiger partial charge in [0.1, 0.15) is 24.7 Å². The molecule has 0 saturated heterocycles. The predicted molar refractivity (Wildman–Crippen MR) is 115 cm³/mol. The summed E-state index contributed by atoms with van der Waals surface area (Å²) < 4.78 is 7.75. The van der Waals surface area contributed by atoms with Gasteiger partial charge in [-0.1, -0.05) is 35.9 Å². The second-order valence-corrected chi connectivity index (χ2v) is 6.95. The van der Waals surface area contributed by atoms with Crippen LogP contribution in [-0.2, 0) is 17.9 Å². The summed E-state index contributed by atoms with van der Waals surface area (Å²) in [5, 5.41) is 11.9. The fourth-order valence-electron chi connectivity index (χ4n) is 3.21. The summed E-state index contributed by atoms with van der Waals surface area (Å²) >= 11 is 0. The molecule has 6 nitrogen and oxygen atoms in total. The Hall–Kier alpha value is -4.11. The van der Waals surface area contributed by atoms with E-state index >= 15 is 0 Å². The van der Waals surface area contributed by atoms with Crippen LogP contribution >= 0.6 is 0 Å². The van der Waals surface area contributed by atoms with Gasteiger partial charge in [-0.3, -0.25) is 4.79 Å². The number of anilines is 1. The molecule has 0 aliphatic heterocycles. The molecule has 0 aliphatic rings. The molecule has 0 aliphatic carbocycles. The molecule has 1 heterocycles. The number of benzene rings is 3. The number of carbonyl (C=O) groups is 1. The largest absolute Gasteiger partial charge is 0.486 e. The highest BCUT2D eigenvalue weighted by Gasteiger charge is 2.14. The number of nitrogens with one attached hydrogen (secondary N) is 1. The van der Waals surface area contributed by atoms with Gasteiger partial charge in [-0.15, -0.1) is 0 Å². The van der Waals surface area contributed by atoms with Crippen LogP contribution in [0.3, 0.4) is 0 Å². The fourth-order valence-corrected chi connectivity index (χ4v) is 3.21. The van der Waals surface area contributed by atoms with Gasteiger partial charge in [0, 0.05) is 5.69 Å². The number of aryl methyl sites for hydroxylation is 1. The average molecular weight is 396 g/mol. The van der Waals surface area contributed by atoms with Crippen LogP contribution in [0.4, 0.5) is 5.69 Å². The molecule has 0 unspecified atom stereocenters.